The molecule has 4 heteroatoms. The average molecular weight is 258 g/mol. The zero-order chi connectivity index (χ0) is 14.0. The molecule has 1 unspecified atom stereocenters. The number of nitrogens with two attached hydrogens (primary N) is 1. The Morgan fingerprint density at radius 1 is 1.33 bits per heavy atom. The van der Waals surface area contributed by atoms with Gasteiger partial charge in [-0.3, -0.25) is 4.79 Å². The number of rotatable bonds is 10. The van der Waals surface area contributed by atoms with Crippen molar-refractivity contribution in [3.8, 4) is 0 Å². The number of amides is 1. The summed E-state index contributed by atoms with van der Waals surface area (Å²) in [6, 6.07) is 0. The van der Waals surface area contributed by atoms with Crippen molar-refractivity contribution < 1.29 is 9.90 Å². The van der Waals surface area contributed by atoms with Crippen LogP contribution < -0.4 is 11.1 Å². The lowest BCUT2D eigenvalue weighted by Crippen LogP contribution is -2.36. The normalized spacial score (nSPS) is 13.4. The van der Waals surface area contributed by atoms with Gasteiger partial charge >= 0.3 is 0 Å². The second kappa shape index (κ2) is 9.34. The van der Waals surface area contributed by atoms with E-state index in [1.54, 1.807) is 0 Å². The zero-order valence-electron chi connectivity index (χ0n) is 12.2. The van der Waals surface area contributed by atoms with Crippen LogP contribution in [0, 0.1) is 11.3 Å². The third-order valence-electron chi connectivity index (χ3n) is 3.24. The van der Waals surface area contributed by atoms with Crippen molar-refractivity contribution in [1.82, 2.24) is 5.32 Å². The maximum absolute atomic E-state index is 11.7. The molecule has 0 aliphatic rings. The summed E-state index contributed by atoms with van der Waals surface area (Å²) in [6.45, 7) is 7.33. The topological polar surface area (TPSA) is 75.4 Å². The van der Waals surface area contributed by atoms with Gasteiger partial charge in [0.15, 0.2) is 0 Å². The van der Waals surface area contributed by atoms with E-state index in [9.17, 15) is 4.79 Å². The molecule has 0 rings (SSSR count). The summed E-state index contributed by atoms with van der Waals surface area (Å²) in [4.78, 5) is 11.7. The van der Waals surface area contributed by atoms with Crippen LogP contribution in [-0.2, 0) is 4.79 Å². The van der Waals surface area contributed by atoms with Gasteiger partial charge in [-0.25, -0.2) is 0 Å². The molecule has 0 bridgehead atoms. The van der Waals surface area contributed by atoms with Gasteiger partial charge in [0.1, 0.15) is 0 Å². The fourth-order valence-electron chi connectivity index (χ4n) is 1.89. The minimum Gasteiger partial charge on any atom is -0.396 e. The number of hydrogen-bond acceptors (Lipinski definition) is 3. The molecule has 1 amide bonds. The van der Waals surface area contributed by atoms with Crippen LogP contribution in [0.25, 0.3) is 0 Å². The zero-order valence-corrected chi connectivity index (χ0v) is 12.2. The van der Waals surface area contributed by atoms with E-state index in [-0.39, 0.29) is 17.9 Å². The molecule has 0 radical (unpaired) electrons. The quantitative estimate of drug-likeness (QED) is 0.558. The monoisotopic (exact) mass is 258 g/mol. The van der Waals surface area contributed by atoms with E-state index in [0.29, 0.717) is 25.4 Å². The van der Waals surface area contributed by atoms with Crippen LogP contribution >= 0.6 is 0 Å². The van der Waals surface area contributed by atoms with Crippen molar-refractivity contribution in [2.75, 3.05) is 19.7 Å². The van der Waals surface area contributed by atoms with Gasteiger partial charge in [-0.05, 0) is 25.3 Å². The van der Waals surface area contributed by atoms with E-state index in [1.807, 2.05) is 13.8 Å². The largest absolute Gasteiger partial charge is 0.396 e. The maximum Gasteiger partial charge on any atom is 0.220 e. The summed E-state index contributed by atoms with van der Waals surface area (Å²) < 4.78 is 0. The molecule has 0 saturated heterocycles. The van der Waals surface area contributed by atoms with Gasteiger partial charge in [-0.15, -0.1) is 0 Å². The number of hydrogen-bond donors (Lipinski definition) is 3. The smallest absolute Gasteiger partial charge is 0.220 e. The molecule has 0 spiro atoms. The van der Waals surface area contributed by atoms with Gasteiger partial charge < -0.3 is 16.2 Å². The lowest BCUT2D eigenvalue weighted by atomic mass is 9.93. The van der Waals surface area contributed by atoms with E-state index in [4.69, 9.17) is 10.8 Å². The fraction of sp³-hybridized carbons (Fsp3) is 0.929. The Labute approximate surface area is 111 Å². The van der Waals surface area contributed by atoms with Crippen LogP contribution in [-0.4, -0.2) is 30.7 Å². The molecule has 0 fully saturated rings. The Bertz CT molecular complexity index is 224. The number of nitrogens with one attached hydrogen (secondary N) is 1. The molecule has 0 aromatic heterocycles. The summed E-state index contributed by atoms with van der Waals surface area (Å²) in [5, 5.41) is 12.0. The van der Waals surface area contributed by atoms with Crippen molar-refractivity contribution >= 4 is 5.91 Å². The second-order valence-electron chi connectivity index (χ2n) is 5.87. The van der Waals surface area contributed by atoms with Gasteiger partial charge in [0.25, 0.3) is 0 Å². The third kappa shape index (κ3) is 8.48. The van der Waals surface area contributed by atoms with Crippen LogP contribution in [0.3, 0.4) is 0 Å². The summed E-state index contributed by atoms with van der Waals surface area (Å²) >= 11 is 0. The SMILES string of the molecule is CCCC(CCN)CCC(=O)NCC(C)(C)CO. The molecule has 0 aliphatic carbocycles. The van der Waals surface area contributed by atoms with Crippen molar-refractivity contribution in [3.63, 3.8) is 0 Å². The van der Waals surface area contributed by atoms with Gasteiger partial charge in [0, 0.05) is 25.0 Å². The van der Waals surface area contributed by atoms with E-state index in [1.165, 1.54) is 0 Å². The van der Waals surface area contributed by atoms with Gasteiger partial charge in [0.2, 0.25) is 5.91 Å². The predicted molar refractivity (Wildman–Crippen MR) is 75.2 cm³/mol. The van der Waals surface area contributed by atoms with Crippen molar-refractivity contribution in [1.29, 1.82) is 0 Å². The first kappa shape index (κ1) is 17.4. The summed E-state index contributed by atoms with van der Waals surface area (Å²) in [6.07, 6.45) is 4.77. The predicted octanol–water partition coefficient (Wildman–Crippen LogP) is 1.67. The standard InChI is InChI=1S/C14H30N2O2/c1-4-5-12(8-9-15)6-7-13(18)16-10-14(2,3)11-17/h12,17H,4-11,15H2,1-3H3,(H,16,18). The van der Waals surface area contributed by atoms with Crippen molar-refractivity contribution in [2.24, 2.45) is 17.1 Å². The highest BCUT2D eigenvalue weighted by molar-refractivity contribution is 5.75. The molecule has 0 aliphatic heterocycles. The molecule has 4 nitrogen and oxygen atoms in total. The number of aliphatic hydroxyl groups is 1. The summed E-state index contributed by atoms with van der Waals surface area (Å²) in [7, 11) is 0. The summed E-state index contributed by atoms with van der Waals surface area (Å²) in [5.74, 6) is 0.645. The molecule has 0 heterocycles. The minimum atomic E-state index is -0.240. The first-order valence-corrected chi connectivity index (χ1v) is 7.02. The van der Waals surface area contributed by atoms with E-state index >= 15 is 0 Å². The molecule has 0 aromatic carbocycles. The molecular weight excluding hydrogens is 228 g/mol. The molecule has 0 saturated carbocycles. The Kier molecular flexibility index (Phi) is 9.02. The van der Waals surface area contributed by atoms with Crippen LogP contribution in [0.1, 0.15) is 52.9 Å². The van der Waals surface area contributed by atoms with E-state index < -0.39 is 0 Å². The Balaban J connectivity index is 3.86. The third-order valence-corrected chi connectivity index (χ3v) is 3.24. The molecule has 0 aromatic rings. The molecule has 4 N–H and O–H groups in total. The fourth-order valence-corrected chi connectivity index (χ4v) is 1.89. The molecule has 1 atom stereocenters. The van der Waals surface area contributed by atoms with Gasteiger partial charge in [-0.1, -0.05) is 33.6 Å². The highest BCUT2D eigenvalue weighted by atomic mass is 16.3. The molecule has 18 heavy (non-hydrogen) atoms. The van der Waals surface area contributed by atoms with Crippen molar-refractivity contribution in [2.45, 2.75) is 52.9 Å². The number of carbonyl (C=O) groups is 1. The van der Waals surface area contributed by atoms with Gasteiger partial charge in [0.05, 0.1) is 0 Å². The average Bonchev–Trinajstić information content (AvgIpc) is 2.34. The molecular formula is C14H30N2O2. The van der Waals surface area contributed by atoms with Crippen molar-refractivity contribution in [3.05, 3.63) is 0 Å². The Hall–Kier alpha value is -0.610. The first-order chi connectivity index (χ1) is 8.45. The van der Waals surface area contributed by atoms with Crippen LogP contribution in [0.4, 0.5) is 0 Å². The lowest BCUT2D eigenvalue weighted by molar-refractivity contribution is -0.122. The van der Waals surface area contributed by atoms with Crippen LogP contribution in [0.2, 0.25) is 0 Å². The summed E-state index contributed by atoms with van der Waals surface area (Å²) in [5.41, 5.74) is 5.33. The van der Waals surface area contributed by atoms with Gasteiger partial charge in [-0.2, -0.15) is 0 Å². The molecule has 108 valence electrons. The first-order valence-electron chi connectivity index (χ1n) is 7.02. The number of carbonyl (C=O) groups excluding carboxylic acids is 1. The Morgan fingerprint density at radius 2 is 2.00 bits per heavy atom. The van der Waals surface area contributed by atoms with E-state index in [2.05, 4.69) is 12.2 Å². The number of aliphatic hydroxyl groups excluding tert-OH is 1. The minimum absolute atomic E-state index is 0.0784. The van der Waals surface area contributed by atoms with Crippen LogP contribution in [0.15, 0.2) is 0 Å². The highest BCUT2D eigenvalue weighted by Gasteiger charge is 2.17. The maximum atomic E-state index is 11.7. The second-order valence-corrected chi connectivity index (χ2v) is 5.87. The van der Waals surface area contributed by atoms with Crippen LogP contribution in [0.5, 0.6) is 0 Å². The Morgan fingerprint density at radius 3 is 2.50 bits per heavy atom. The van der Waals surface area contributed by atoms with E-state index in [0.717, 1.165) is 25.7 Å². The lowest BCUT2D eigenvalue weighted by Gasteiger charge is -2.22. The highest BCUT2D eigenvalue weighted by Crippen LogP contribution is 2.17.